The van der Waals surface area contributed by atoms with Crippen molar-refractivity contribution in [3.63, 3.8) is 0 Å². The molecule has 0 fully saturated rings. The Hall–Kier alpha value is -1.28. The van der Waals surface area contributed by atoms with Crippen LogP contribution in [0, 0.1) is 6.92 Å². The van der Waals surface area contributed by atoms with Crippen LogP contribution < -0.4 is 4.74 Å². The molecule has 0 bridgehead atoms. The van der Waals surface area contributed by atoms with Gasteiger partial charge in [-0.15, -0.1) is 0 Å². The van der Waals surface area contributed by atoms with Crippen molar-refractivity contribution in [2.75, 3.05) is 7.11 Å². The van der Waals surface area contributed by atoms with Gasteiger partial charge in [-0.2, -0.15) is 0 Å². The van der Waals surface area contributed by atoms with Gasteiger partial charge in [-0.1, -0.05) is 68.7 Å². The van der Waals surface area contributed by atoms with Gasteiger partial charge in [-0.25, -0.2) is 0 Å². The van der Waals surface area contributed by atoms with Crippen LogP contribution in [0.2, 0.25) is 0 Å². The number of rotatable bonds is 4. The predicted molar refractivity (Wildman–Crippen MR) is 116 cm³/mol. The first-order valence-corrected chi connectivity index (χ1v) is 10.3. The molecule has 0 aliphatic rings. The van der Waals surface area contributed by atoms with E-state index >= 15 is 0 Å². The zero-order valence-electron chi connectivity index (χ0n) is 18.6. The van der Waals surface area contributed by atoms with Crippen molar-refractivity contribution in [2.24, 2.45) is 0 Å². The first kappa shape index (κ1) is 21.8. The van der Waals surface area contributed by atoms with Crippen molar-refractivity contribution in [2.45, 2.75) is 80.1 Å². The first-order chi connectivity index (χ1) is 11.2. The number of hydrogen-bond acceptors (Lipinski definition) is 1. The number of allylic oxidation sites excluding steroid dienone is 4. The van der Waals surface area contributed by atoms with E-state index in [9.17, 15) is 0 Å². The molecule has 0 unspecified atom stereocenters. The summed E-state index contributed by atoms with van der Waals surface area (Å²) in [5, 5.41) is 1.51. The predicted octanol–water partition coefficient (Wildman–Crippen LogP) is 5.57. The van der Waals surface area contributed by atoms with Crippen molar-refractivity contribution >= 4 is 10.2 Å². The Kier molecular flexibility index (Phi) is 6.55. The molecule has 0 saturated carbocycles. The summed E-state index contributed by atoms with van der Waals surface area (Å²) in [7, 11) is 2.92. The topological polar surface area (TPSA) is 9.23 Å². The number of hydrogen-bond donors (Lipinski definition) is 0. The third kappa shape index (κ3) is 4.47. The van der Waals surface area contributed by atoms with Gasteiger partial charge in [0, 0.05) is 26.8 Å². The molecule has 140 valence electrons. The van der Waals surface area contributed by atoms with Crippen LogP contribution in [0.25, 0.3) is 0 Å². The lowest BCUT2D eigenvalue weighted by Gasteiger charge is -2.34. The summed E-state index contributed by atoms with van der Waals surface area (Å²) >= 11 is 0. The molecular weight excluding hydrogens is 320 g/mol. The molecule has 1 nitrogen and oxygen atoms in total. The molecule has 0 atom stereocenters. The van der Waals surface area contributed by atoms with E-state index in [1.54, 1.807) is 7.11 Å². The summed E-state index contributed by atoms with van der Waals surface area (Å²) in [6.07, 6.45) is 0. The highest BCUT2D eigenvalue weighted by Gasteiger charge is 2.32. The van der Waals surface area contributed by atoms with Gasteiger partial charge in [0.25, 0.3) is 0 Å². The molecule has 0 saturated heterocycles. The summed E-state index contributed by atoms with van der Waals surface area (Å²) in [5.74, 6) is 1.04. The molecule has 0 radical (unpaired) electrons. The van der Waals surface area contributed by atoms with Gasteiger partial charge in [-0.3, -0.25) is 0 Å². The van der Waals surface area contributed by atoms with E-state index < -0.39 is 0 Å². The van der Waals surface area contributed by atoms with Crippen LogP contribution in [0.4, 0.5) is 0 Å². The van der Waals surface area contributed by atoms with Gasteiger partial charge < -0.3 is 4.74 Å². The Morgan fingerprint density at radius 2 is 1.36 bits per heavy atom. The monoisotopic (exact) mass is 358 g/mol. The van der Waals surface area contributed by atoms with Crippen molar-refractivity contribution < 1.29 is 4.74 Å². The van der Waals surface area contributed by atoms with E-state index in [-0.39, 0.29) is 10.8 Å². The zero-order valence-corrected chi connectivity index (χ0v) is 20.6. The zero-order chi connectivity index (χ0) is 19.7. The molecule has 1 rings (SSSR count). The molecule has 25 heavy (non-hydrogen) atoms. The van der Waals surface area contributed by atoms with Crippen molar-refractivity contribution in [1.82, 2.24) is 0 Å². The lowest BCUT2D eigenvalue weighted by molar-refractivity contribution is 0.383. The third-order valence-electron chi connectivity index (χ3n) is 5.73. The quantitative estimate of drug-likeness (QED) is 0.505. The molecule has 1 aromatic rings. The van der Waals surface area contributed by atoms with Gasteiger partial charge >= 0.3 is 0 Å². The second kappa shape index (κ2) is 7.53. The molecule has 0 heterocycles. The van der Waals surface area contributed by atoms with Gasteiger partial charge in [0.05, 0.1) is 7.11 Å². The molecule has 0 aliphatic carbocycles. The Bertz CT molecular complexity index is 708. The molecule has 2 heteroatoms. The normalized spacial score (nSPS) is 15.0. The van der Waals surface area contributed by atoms with Gasteiger partial charge in [0.15, 0.2) is 0 Å². The highest BCUT2D eigenvalue weighted by atomic mass is 28.1. The van der Waals surface area contributed by atoms with Crippen LogP contribution in [-0.2, 0) is 10.8 Å². The molecule has 0 amide bonds. The molecule has 0 aromatic heterocycles. The van der Waals surface area contributed by atoms with E-state index in [0.717, 1.165) is 16.0 Å². The molecule has 0 N–H and O–H groups in total. The third-order valence-corrected chi connectivity index (χ3v) is 6.48. The van der Waals surface area contributed by atoms with Crippen LogP contribution in [-0.4, -0.2) is 17.4 Å². The Labute approximate surface area is 159 Å². The number of ether oxygens (including phenoxy) is 1. The Balaban J connectivity index is 3.78. The average molecular weight is 359 g/mol. The highest BCUT2D eigenvalue weighted by Crippen LogP contribution is 2.44. The van der Waals surface area contributed by atoms with Crippen LogP contribution in [0.15, 0.2) is 34.0 Å². The SMILES string of the molecule is COc1c(C(C)(C)C)cc(C)cc1C(C)(C)C(C)=C(C)C(C)=C(C)[SiH3]. The average Bonchev–Trinajstić information content (AvgIpc) is 2.50. The fraction of sp³-hybridized carbons (Fsp3) is 0.565. The van der Waals surface area contributed by atoms with Gasteiger partial charge in [0.1, 0.15) is 5.75 Å². The maximum absolute atomic E-state index is 5.95. The van der Waals surface area contributed by atoms with E-state index in [0.29, 0.717) is 0 Å². The number of benzene rings is 1. The molecule has 1 aromatic carbocycles. The Morgan fingerprint density at radius 1 is 0.880 bits per heavy atom. The summed E-state index contributed by atoms with van der Waals surface area (Å²) in [6, 6.07) is 4.58. The second-order valence-corrected chi connectivity index (χ2v) is 10.6. The van der Waals surface area contributed by atoms with Gasteiger partial charge in [0.2, 0.25) is 0 Å². The number of aryl methyl sites for hydroxylation is 1. The van der Waals surface area contributed by atoms with E-state index in [4.69, 9.17) is 4.74 Å². The summed E-state index contributed by atoms with van der Waals surface area (Å²) in [6.45, 7) is 22.7. The highest BCUT2D eigenvalue weighted by molar-refractivity contribution is 6.21. The summed E-state index contributed by atoms with van der Waals surface area (Å²) in [4.78, 5) is 0. The summed E-state index contributed by atoms with van der Waals surface area (Å²) in [5.41, 5.74) is 8.12. The van der Waals surface area contributed by atoms with Crippen LogP contribution in [0.1, 0.15) is 79.0 Å². The fourth-order valence-electron chi connectivity index (χ4n) is 3.34. The first-order valence-electron chi connectivity index (χ1n) is 9.27. The van der Waals surface area contributed by atoms with Crippen LogP contribution >= 0.6 is 0 Å². The van der Waals surface area contributed by atoms with Crippen molar-refractivity contribution in [1.29, 1.82) is 0 Å². The smallest absolute Gasteiger partial charge is 0.126 e. The minimum absolute atomic E-state index is 0.0519. The lowest BCUT2D eigenvalue weighted by Crippen LogP contribution is -2.24. The van der Waals surface area contributed by atoms with E-state index in [1.807, 2.05) is 0 Å². The van der Waals surface area contributed by atoms with E-state index in [2.05, 4.69) is 81.4 Å². The number of methoxy groups -OCH3 is 1. The fourth-order valence-corrected chi connectivity index (χ4v) is 3.72. The lowest BCUT2D eigenvalue weighted by atomic mass is 9.72. The second-order valence-electron chi connectivity index (χ2n) is 9.14. The minimum Gasteiger partial charge on any atom is -0.496 e. The molecule has 0 aliphatic heterocycles. The molecule has 0 spiro atoms. The van der Waals surface area contributed by atoms with Crippen LogP contribution in [0.3, 0.4) is 0 Å². The van der Waals surface area contributed by atoms with Gasteiger partial charge in [-0.05, 0) is 45.6 Å². The van der Waals surface area contributed by atoms with Crippen molar-refractivity contribution in [3.05, 3.63) is 50.7 Å². The molecular formula is C23H38OSi. The maximum Gasteiger partial charge on any atom is 0.126 e. The Morgan fingerprint density at radius 3 is 1.76 bits per heavy atom. The summed E-state index contributed by atoms with van der Waals surface area (Å²) < 4.78 is 5.95. The van der Waals surface area contributed by atoms with Crippen LogP contribution in [0.5, 0.6) is 5.75 Å². The minimum atomic E-state index is -0.0836. The van der Waals surface area contributed by atoms with E-state index in [1.165, 1.54) is 38.6 Å². The maximum atomic E-state index is 5.95. The van der Waals surface area contributed by atoms with Crippen molar-refractivity contribution in [3.8, 4) is 5.75 Å². The standard InChI is InChI=1S/C23H38OSi/c1-14-12-19(22(6,7)8)21(24-11)20(13-14)23(9,10)17(4)15(2)16(3)18(5)25/h12-13H,1-11,25H3. The largest absolute Gasteiger partial charge is 0.496 e.